The first-order valence-corrected chi connectivity index (χ1v) is 6.34. The normalized spacial score (nSPS) is 12.4. The Labute approximate surface area is 116 Å². The van der Waals surface area contributed by atoms with Crippen molar-refractivity contribution in [2.75, 3.05) is 12.8 Å². The van der Waals surface area contributed by atoms with E-state index in [-0.39, 0.29) is 6.04 Å². The highest BCUT2D eigenvalue weighted by Crippen LogP contribution is 2.23. The van der Waals surface area contributed by atoms with Crippen LogP contribution in [0.25, 0.3) is 0 Å². The molecule has 0 aliphatic rings. The van der Waals surface area contributed by atoms with Crippen LogP contribution in [-0.4, -0.2) is 12.0 Å². The molecular weight excluding hydrogens is 260 g/mol. The van der Waals surface area contributed by atoms with Gasteiger partial charge in [0.1, 0.15) is 17.5 Å². The van der Waals surface area contributed by atoms with Crippen molar-refractivity contribution in [3.8, 4) is 0 Å². The quantitative estimate of drug-likeness (QED) is 0.903. The van der Waals surface area contributed by atoms with Crippen LogP contribution in [0.1, 0.15) is 22.7 Å². The minimum atomic E-state index is -0.579. The molecule has 0 aliphatic heterocycles. The molecule has 0 radical (unpaired) electrons. The number of anilines is 1. The van der Waals surface area contributed by atoms with Gasteiger partial charge in [0.2, 0.25) is 0 Å². The molecule has 106 valence electrons. The Bertz CT molecular complexity index is 594. The lowest BCUT2D eigenvalue weighted by Crippen LogP contribution is -2.21. The zero-order chi connectivity index (χ0) is 14.7. The number of halogens is 2. The molecule has 1 atom stereocenters. The SMILES string of the molecule is CNC(Cc1cc(F)cc(F)c1)c1cc(C)cnc1N. The van der Waals surface area contributed by atoms with E-state index in [9.17, 15) is 8.78 Å². The third kappa shape index (κ3) is 3.30. The van der Waals surface area contributed by atoms with Crippen molar-refractivity contribution in [3.05, 3.63) is 58.8 Å². The number of nitrogens with one attached hydrogen (secondary N) is 1. The number of hydrogen-bond acceptors (Lipinski definition) is 3. The van der Waals surface area contributed by atoms with Gasteiger partial charge in [-0.15, -0.1) is 0 Å². The first-order valence-electron chi connectivity index (χ1n) is 6.34. The average molecular weight is 277 g/mol. The molecule has 1 aromatic carbocycles. The summed E-state index contributed by atoms with van der Waals surface area (Å²) in [5.74, 6) is -0.734. The standard InChI is InChI=1S/C15H17F2N3/c1-9-3-13(15(18)20-8-9)14(19-2)6-10-4-11(16)7-12(17)5-10/h3-5,7-8,14,19H,6H2,1-2H3,(H2,18,20). The second-order valence-corrected chi connectivity index (χ2v) is 4.81. The molecule has 0 fully saturated rings. The highest BCUT2D eigenvalue weighted by atomic mass is 19.1. The van der Waals surface area contributed by atoms with E-state index >= 15 is 0 Å². The van der Waals surface area contributed by atoms with Crippen molar-refractivity contribution in [2.24, 2.45) is 0 Å². The average Bonchev–Trinajstić information content (AvgIpc) is 2.38. The zero-order valence-corrected chi connectivity index (χ0v) is 11.5. The lowest BCUT2D eigenvalue weighted by molar-refractivity contribution is 0.562. The Morgan fingerprint density at radius 1 is 1.20 bits per heavy atom. The summed E-state index contributed by atoms with van der Waals surface area (Å²) >= 11 is 0. The van der Waals surface area contributed by atoms with Gasteiger partial charge in [-0.25, -0.2) is 13.8 Å². The summed E-state index contributed by atoms with van der Waals surface area (Å²) in [5.41, 5.74) is 8.27. The molecule has 0 saturated carbocycles. The second-order valence-electron chi connectivity index (χ2n) is 4.81. The van der Waals surface area contributed by atoms with Crippen molar-refractivity contribution in [3.63, 3.8) is 0 Å². The van der Waals surface area contributed by atoms with Gasteiger partial charge in [-0.2, -0.15) is 0 Å². The van der Waals surface area contributed by atoms with E-state index in [2.05, 4.69) is 10.3 Å². The summed E-state index contributed by atoms with van der Waals surface area (Å²) < 4.78 is 26.5. The smallest absolute Gasteiger partial charge is 0.128 e. The van der Waals surface area contributed by atoms with Crippen LogP contribution in [0.2, 0.25) is 0 Å². The molecule has 1 unspecified atom stereocenters. The van der Waals surface area contributed by atoms with Gasteiger partial charge < -0.3 is 11.1 Å². The Balaban J connectivity index is 2.31. The topological polar surface area (TPSA) is 50.9 Å². The van der Waals surface area contributed by atoms with Crippen LogP contribution in [0.15, 0.2) is 30.5 Å². The van der Waals surface area contributed by atoms with Crippen molar-refractivity contribution in [1.29, 1.82) is 0 Å². The molecule has 2 rings (SSSR count). The fraction of sp³-hybridized carbons (Fsp3) is 0.267. The minimum Gasteiger partial charge on any atom is -0.383 e. The van der Waals surface area contributed by atoms with Crippen LogP contribution in [0, 0.1) is 18.6 Å². The Hall–Kier alpha value is -2.01. The molecule has 3 N–H and O–H groups in total. The van der Waals surface area contributed by atoms with Gasteiger partial charge in [-0.05, 0) is 49.7 Å². The Morgan fingerprint density at radius 3 is 2.45 bits per heavy atom. The molecule has 0 spiro atoms. The molecule has 2 aromatic rings. The fourth-order valence-corrected chi connectivity index (χ4v) is 2.21. The summed E-state index contributed by atoms with van der Waals surface area (Å²) in [4.78, 5) is 4.11. The van der Waals surface area contributed by atoms with Gasteiger partial charge in [0, 0.05) is 23.9 Å². The van der Waals surface area contributed by atoms with Crippen molar-refractivity contribution in [2.45, 2.75) is 19.4 Å². The van der Waals surface area contributed by atoms with Gasteiger partial charge >= 0.3 is 0 Å². The number of aryl methyl sites for hydroxylation is 1. The highest BCUT2D eigenvalue weighted by molar-refractivity contribution is 5.43. The number of rotatable bonds is 4. The van der Waals surface area contributed by atoms with E-state index in [0.29, 0.717) is 17.8 Å². The van der Waals surface area contributed by atoms with Crippen LogP contribution >= 0.6 is 0 Å². The first-order chi connectivity index (χ1) is 9.49. The maximum absolute atomic E-state index is 13.2. The molecule has 3 nitrogen and oxygen atoms in total. The number of benzene rings is 1. The Morgan fingerprint density at radius 2 is 1.85 bits per heavy atom. The molecule has 0 aliphatic carbocycles. The summed E-state index contributed by atoms with van der Waals surface area (Å²) in [7, 11) is 1.78. The van der Waals surface area contributed by atoms with E-state index in [1.165, 1.54) is 12.1 Å². The summed E-state index contributed by atoms with van der Waals surface area (Å²) in [6, 6.07) is 5.29. The molecule has 20 heavy (non-hydrogen) atoms. The Kier molecular flexibility index (Phi) is 4.29. The lowest BCUT2D eigenvalue weighted by atomic mass is 9.98. The van der Waals surface area contributed by atoms with Crippen molar-refractivity contribution in [1.82, 2.24) is 10.3 Å². The summed E-state index contributed by atoms with van der Waals surface area (Å²) in [6.07, 6.45) is 2.12. The van der Waals surface area contributed by atoms with Crippen LogP contribution in [0.4, 0.5) is 14.6 Å². The maximum atomic E-state index is 13.2. The van der Waals surface area contributed by atoms with Crippen LogP contribution in [0.3, 0.4) is 0 Å². The number of aromatic nitrogens is 1. The highest BCUT2D eigenvalue weighted by Gasteiger charge is 2.15. The summed E-state index contributed by atoms with van der Waals surface area (Å²) in [5, 5.41) is 3.11. The minimum absolute atomic E-state index is 0.149. The molecule has 1 heterocycles. The number of likely N-dealkylation sites (N-methyl/N-ethyl adjacent to an activating group) is 1. The van der Waals surface area contributed by atoms with Crippen LogP contribution in [0.5, 0.6) is 0 Å². The fourth-order valence-electron chi connectivity index (χ4n) is 2.21. The molecule has 0 bridgehead atoms. The van der Waals surface area contributed by atoms with E-state index in [0.717, 1.165) is 17.2 Å². The van der Waals surface area contributed by atoms with Gasteiger partial charge in [0.25, 0.3) is 0 Å². The third-order valence-electron chi connectivity index (χ3n) is 3.17. The molecule has 1 aromatic heterocycles. The molecule has 0 amide bonds. The monoisotopic (exact) mass is 277 g/mol. The molecule has 0 saturated heterocycles. The number of nitrogens with two attached hydrogens (primary N) is 1. The van der Waals surface area contributed by atoms with Gasteiger partial charge in [-0.1, -0.05) is 0 Å². The maximum Gasteiger partial charge on any atom is 0.128 e. The summed E-state index contributed by atoms with van der Waals surface area (Å²) in [6.45, 7) is 1.92. The van der Waals surface area contributed by atoms with Crippen LogP contribution in [-0.2, 0) is 6.42 Å². The van der Waals surface area contributed by atoms with E-state index < -0.39 is 11.6 Å². The first kappa shape index (κ1) is 14.4. The zero-order valence-electron chi connectivity index (χ0n) is 11.5. The number of hydrogen-bond donors (Lipinski definition) is 2. The van der Waals surface area contributed by atoms with Crippen molar-refractivity contribution < 1.29 is 8.78 Å². The molecule has 5 heteroatoms. The van der Waals surface area contributed by atoms with Gasteiger partial charge in [0.15, 0.2) is 0 Å². The molecular formula is C15H17F2N3. The lowest BCUT2D eigenvalue weighted by Gasteiger charge is -2.18. The van der Waals surface area contributed by atoms with Gasteiger partial charge in [-0.3, -0.25) is 0 Å². The van der Waals surface area contributed by atoms with E-state index in [1.54, 1.807) is 13.2 Å². The number of pyridine rings is 1. The largest absolute Gasteiger partial charge is 0.383 e. The van der Waals surface area contributed by atoms with E-state index in [1.807, 2.05) is 13.0 Å². The predicted molar refractivity (Wildman–Crippen MR) is 75.2 cm³/mol. The number of nitrogen functional groups attached to an aromatic ring is 1. The van der Waals surface area contributed by atoms with Crippen molar-refractivity contribution >= 4 is 5.82 Å². The third-order valence-corrected chi connectivity index (χ3v) is 3.17. The number of nitrogens with zero attached hydrogens (tertiary/aromatic N) is 1. The van der Waals surface area contributed by atoms with Crippen LogP contribution < -0.4 is 11.1 Å². The predicted octanol–water partition coefficient (Wildman–Crippen LogP) is 2.75. The van der Waals surface area contributed by atoms with Gasteiger partial charge in [0.05, 0.1) is 0 Å². The second kappa shape index (κ2) is 5.96. The van der Waals surface area contributed by atoms with E-state index in [4.69, 9.17) is 5.73 Å².